The number of ketones is 1. The van der Waals surface area contributed by atoms with E-state index in [4.69, 9.17) is 16.3 Å². The highest BCUT2D eigenvalue weighted by molar-refractivity contribution is 6.31. The fraction of sp³-hybridized carbons (Fsp3) is 0.261. The highest BCUT2D eigenvalue weighted by Crippen LogP contribution is 2.32. The molecule has 30 heavy (non-hydrogen) atoms. The van der Waals surface area contributed by atoms with Gasteiger partial charge in [0, 0.05) is 16.7 Å². The van der Waals surface area contributed by atoms with Crippen LogP contribution >= 0.6 is 11.6 Å². The minimum Gasteiger partial charge on any atom is -0.474 e. The van der Waals surface area contributed by atoms with Gasteiger partial charge in [0.15, 0.2) is 5.78 Å². The van der Waals surface area contributed by atoms with Crippen LogP contribution in [-0.4, -0.2) is 33.9 Å². The molecule has 0 saturated carbocycles. The second kappa shape index (κ2) is 9.69. The molecule has 6 nitrogen and oxygen atoms in total. The number of carbonyl (C=O) groups is 1. The van der Waals surface area contributed by atoms with E-state index >= 15 is 0 Å². The molecular weight excluding hydrogens is 404 g/mol. The van der Waals surface area contributed by atoms with E-state index in [1.54, 1.807) is 18.2 Å². The standard InChI is InChI=1S/C23H23ClN2O4/c1-15(12-17-6-4-3-5-7-17)26-22(29)14-21(23(25-26)30-11-10-27)20-13-18(24)8-9-19(20)16(2)28/h3-9,13-15,27H,10-12H2,1-2H3. The molecule has 0 aliphatic heterocycles. The fourth-order valence-corrected chi connectivity index (χ4v) is 3.47. The Morgan fingerprint density at radius 2 is 1.90 bits per heavy atom. The van der Waals surface area contributed by atoms with Crippen molar-refractivity contribution in [2.75, 3.05) is 13.2 Å². The zero-order valence-corrected chi connectivity index (χ0v) is 17.6. The molecule has 0 bridgehead atoms. The van der Waals surface area contributed by atoms with Gasteiger partial charge in [-0.1, -0.05) is 41.9 Å². The van der Waals surface area contributed by atoms with E-state index in [1.165, 1.54) is 17.7 Å². The van der Waals surface area contributed by atoms with Gasteiger partial charge in [-0.25, -0.2) is 4.68 Å². The van der Waals surface area contributed by atoms with Crippen molar-refractivity contribution in [1.82, 2.24) is 9.78 Å². The molecule has 0 aliphatic rings. The third-order valence-corrected chi connectivity index (χ3v) is 4.93. The van der Waals surface area contributed by atoms with Crippen molar-refractivity contribution in [3.63, 3.8) is 0 Å². The second-order valence-electron chi connectivity index (χ2n) is 7.00. The van der Waals surface area contributed by atoms with Crippen LogP contribution in [-0.2, 0) is 6.42 Å². The molecule has 1 heterocycles. The number of aliphatic hydroxyl groups is 1. The van der Waals surface area contributed by atoms with Crippen molar-refractivity contribution in [3.8, 4) is 17.0 Å². The largest absolute Gasteiger partial charge is 0.474 e. The second-order valence-corrected chi connectivity index (χ2v) is 7.44. The summed E-state index contributed by atoms with van der Waals surface area (Å²) >= 11 is 6.14. The lowest BCUT2D eigenvalue weighted by Crippen LogP contribution is -2.27. The van der Waals surface area contributed by atoms with Crippen LogP contribution < -0.4 is 10.3 Å². The molecule has 1 unspecified atom stereocenters. The monoisotopic (exact) mass is 426 g/mol. The van der Waals surface area contributed by atoms with Gasteiger partial charge in [0.1, 0.15) is 6.61 Å². The Balaban J connectivity index is 2.09. The molecule has 0 fully saturated rings. The number of aliphatic hydroxyl groups excluding tert-OH is 1. The maximum Gasteiger partial charge on any atom is 0.267 e. The third kappa shape index (κ3) is 4.96. The van der Waals surface area contributed by atoms with E-state index in [0.717, 1.165) is 5.56 Å². The van der Waals surface area contributed by atoms with Crippen molar-refractivity contribution < 1.29 is 14.6 Å². The molecule has 3 aromatic rings. The molecule has 0 saturated heterocycles. The highest BCUT2D eigenvalue weighted by atomic mass is 35.5. The van der Waals surface area contributed by atoms with Gasteiger partial charge in [-0.05, 0) is 49.6 Å². The van der Waals surface area contributed by atoms with Crippen molar-refractivity contribution in [2.24, 2.45) is 0 Å². The number of nitrogens with zero attached hydrogens (tertiary/aromatic N) is 2. The molecule has 1 N–H and O–H groups in total. The van der Waals surface area contributed by atoms with Crippen molar-refractivity contribution in [3.05, 3.63) is 81.1 Å². The Hall–Kier alpha value is -2.96. The van der Waals surface area contributed by atoms with Gasteiger partial charge in [0.2, 0.25) is 5.88 Å². The van der Waals surface area contributed by atoms with Crippen LogP contribution in [0.1, 0.15) is 35.8 Å². The predicted molar refractivity (Wildman–Crippen MR) is 116 cm³/mol. The summed E-state index contributed by atoms with van der Waals surface area (Å²) in [6, 6.07) is 15.8. The number of rotatable bonds is 8. The van der Waals surface area contributed by atoms with Gasteiger partial charge in [-0.2, -0.15) is 0 Å². The first kappa shape index (κ1) is 21.7. The summed E-state index contributed by atoms with van der Waals surface area (Å²) in [5.74, 6) is -0.00951. The number of Topliss-reactive ketones (excluding diaryl/α,β-unsaturated/α-hetero) is 1. The summed E-state index contributed by atoms with van der Waals surface area (Å²) in [5.41, 5.74) is 2.00. The van der Waals surface area contributed by atoms with Crippen LogP contribution in [0.15, 0.2) is 59.4 Å². The fourth-order valence-electron chi connectivity index (χ4n) is 3.30. The molecule has 0 aliphatic carbocycles. The average Bonchev–Trinajstić information content (AvgIpc) is 2.73. The van der Waals surface area contributed by atoms with E-state index in [2.05, 4.69) is 5.10 Å². The molecule has 0 amide bonds. The number of benzene rings is 2. The maximum atomic E-state index is 12.9. The molecule has 1 atom stereocenters. The lowest BCUT2D eigenvalue weighted by Gasteiger charge is -2.18. The number of halogens is 1. The molecular formula is C23H23ClN2O4. The normalized spacial score (nSPS) is 11.9. The topological polar surface area (TPSA) is 81.4 Å². The zero-order chi connectivity index (χ0) is 21.7. The van der Waals surface area contributed by atoms with Gasteiger partial charge in [0.05, 0.1) is 18.2 Å². The summed E-state index contributed by atoms with van der Waals surface area (Å²) in [6.07, 6.45) is 0.613. The summed E-state index contributed by atoms with van der Waals surface area (Å²) in [5, 5.41) is 14.1. The number of hydrogen-bond donors (Lipinski definition) is 1. The van der Waals surface area contributed by atoms with Crippen molar-refractivity contribution >= 4 is 17.4 Å². The number of carbonyl (C=O) groups excluding carboxylic acids is 1. The Labute approximate surface area is 179 Å². The SMILES string of the molecule is CC(=O)c1ccc(Cl)cc1-c1cc(=O)n(C(C)Cc2ccccc2)nc1OCCO. The van der Waals surface area contributed by atoms with E-state index in [-0.39, 0.29) is 36.5 Å². The summed E-state index contributed by atoms with van der Waals surface area (Å²) in [4.78, 5) is 25.0. The highest BCUT2D eigenvalue weighted by Gasteiger charge is 2.20. The third-order valence-electron chi connectivity index (χ3n) is 4.70. The Morgan fingerprint density at radius 3 is 2.57 bits per heavy atom. The van der Waals surface area contributed by atoms with Crippen molar-refractivity contribution in [2.45, 2.75) is 26.3 Å². The Bertz CT molecular complexity index is 1100. The molecule has 0 radical (unpaired) electrons. The first-order chi connectivity index (χ1) is 14.4. The zero-order valence-electron chi connectivity index (χ0n) is 16.8. The predicted octanol–water partition coefficient (Wildman–Crippen LogP) is 3.94. The quantitative estimate of drug-likeness (QED) is 0.552. The summed E-state index contributed by atoms with van der Waals surface area (Å²) < 4.78 is 7.00. The van der Waals surface area contributed by atoms with E-state index in [1.807, 2.05) is 37.3 Å². The molecule has 0 spiro atoms. The molecule has 156 valence electrons. The van der Waals surface area contributed by atoms with Crippen LogP contribution in [0.4, 0.5) is 0 Å². The maximum absolute atomic E-state index is 12.9. The van der Waals surface area contributed by atoms with Gasteiger partial charge in [0.25, 0.3) is 5.56 Å². The molecule has 3 rings (SSSR count). The average molecular weight is 427 g/mol. The van der Waals surface area contributed by atoms with Gasteiger partial charge < -0.3 is 9.84 Å². The van der Waals surface area contributed by atoms with Crippen LogP contribution in [0, 0.1) is 0 Å². The number of hydrogen-bond acceptors (Lipinski definition) is 5. The van der Waals surface area contributed by atoms with Gasteiger partial charge >= 0.3 is 0 Å². The lowest BCUT2D eigenvalue weighted by molar-refractivity contribution is 0.101. The first-order valence-corrected chi connectivity index (χ1v) is 10.0. The van der Waals surface area contributed by atoms with E-state index < -0.39 is 0 Å². The molecule has 7 heteroatoms. The van der Waals surface area contributed by atoms with Crippen LogP contribution in [0.25, 0.3) is 11.1 Å². The molecule has 2 aromatic carbocycles. The van der Waals surface area contributed by atoms with E-state index in [9.17, 15) is 14.7 Å². The number of aromatic nitrogens is 2. The molecule has 1 aromatic heterocycles. The van der Waals surface area contributed by atoms with E-state index in [0.29, 0.717) is 28.1 Å². The van der Waals surface area contributed by atoms with Crippen LogP contribution in [0.2, 0.25) is 5.02 Å². The summed E-state index contributed by atoms with van der Waals surface area (Å²) in [6.45, 7) is 3.13. The minimum absolute atomic E-state index is 0.00123. The lowest BCUT2D eigenvalue weighted by atomic mass is 9.98. The summed E-state index contributed by atoms with van der Waals surface area (Å²) in [7, 11) is 0. The Morgan fingerprint density at radius 1 is 1.17 bits per heavy atom. The first-order valence-electron chi connectivity index (χ1n) is 9.63. The van der Waals surface area contributed by atoms with Crippen LogP contribution in [0.3, 0.4) is 0 Å². The van der Waals surface area contributed by atoms with Gasteiger partial charge in [-0.15, -0.1) is 5.10 Å². The Kier molecular flexibility index (Phi) is 7.03. The number of ether oxygens (including phenoxy) is 1. The smallest absolute Gasteiger partial charge is 0.267 e. The van der Waals surface area contributed by atoms with Gasteiger partial charge in [-0.3, -0.25) is 9.59 Å². The minimum atomic E-state index is -0.320. The van der Waals surface area contributed by atoms with Crippen molar-refractivity contribution in [1.29, 1.82) is 0 Å². The van der Waals surface area contributed by atoms with Crippen LogP contribution in [0.5, 0.6) is 5.88 Å².